The average molecular weight is 254 g/mol. The lowest BCUT2D eigenvalue weighted by Gasteiger charge is -2.13. The fourth-order valence-corrected chi connectivity index (χ4v) is 1.36. The van der Waals surface area contributed by atoms with Gasteiger partial charge in [0.1, 0.15) is 6.20 Å². The SMILES string of the molecule is O=C(Nc1ccccc1C(F)(F)F)n1cc[c]n1. The fraction of sp³-hybridized carbons (Fsp3) is 0.0909. The molecule has 0 aliphatic heterocycles. The number of nitrogens with zero attached hydrogens (tertiary/aromatic N) is 2. The number of carbonyl (C=O) groups is 1. The monoisotopic (exact) mass is 254 g/mol. The van der Waals surface area contributed by atoms with Crippen molar-refractivity contribution in [3.63, 3.8) is 0 Å². The minimum atomic E-state index is -4.53. The first-order chi connectivity index (χ1) is 8.48. The van der Waals surface area contributed by atoms with Crippen molar-refractivity contribution < 1.29 is 18.0 Å². The van der Waals surface area contributed by atoms with Crippen LogP contribution in [0.15, 0.2) is 36.5 Å². The van der Waals surface area contributed by atoms with Gasteiger partial charge in [-0.1, -0.05) is 12.1 Å². The van der Waals surface area contributed by atoms with Gasteiger partial charge in [-0.05, 0) is 18.2 Å². The molecule has 1 radical (unpaired) electrons. The largest absolute Gasteiger partial charge is 0.418 e. The van der Waals surface area contributed by atoms with Crippen LogP contribution in [0, 0.1) is 6.20 Å². The molecule has 0 saturated carbocycles. The van der Waals surface area contributed by atoms with E-state index in [4.69, 9.17) is 0 Å². The molecular formula is C11H7F3N3O. The highest BCUT2D eigenvalue weighted by Crippen LogP contribution is 2.34. The number of anilines is 1. The molecule has 0 saturated heterocycles. The average Bonchev–Trinajstić information content (AvgIpc) is 2.81. The van der Waals surface area contributed by atoms with E-state index >= 15 is 0 Å². The molecule has 0 fully saturated rings. The molecular weight excluding hydrogens is 247 g/mol. The number of amides is 1. The quantitative estimate of drug-likeness (QED) is 0.850. The maximum atomic E-state index is 12.7. The van der Waals surface area contributed by atoms with E-state index in [1.54, 1.807) is 0 Å². The van der Waals surface area contributed by atoms with Crippen molar-refractivity contribution in [1.82, 2.24) is 9.78 Å². The zero-order valence-electron chi connectivity index (χ0n) is 8.90. The van der Waals surface area contributed by atoms with E-state index in [0.29, 0.717) is 0 Å². The van der Waals surface area contributed by atoms with E-state index in [0.717, 1.165) is 10.7 Å². The first-order valence-corrected chi connectivity index (χ1v) is 4.88. The van der Waals surface area contributed by atoms with Gasteiger partial charge in [0.15, 0.2) is 0 Å². The Morgan fingerprint density at radius 1 is 1.33 bits per heavy atom. The van der Waals surface area contributed by atoms with Gasteiger partial charge in [-0.3, -0.25) is 0 Å². The summed E-state index contributed by atoms with van der Waals surface area (Å²) >= 11 is 0. The van der Waals surface area contributed by atoms with E-state index in [9.17, 15) is 18.0 Å². The van der Waals surface area contributed by atoms with Crippen molar-refractivity contribution in [2.75, 3.05) is 5.32 Å². The van der Waals surface area contributed by atoms with Crippen LogP contribution in [0.1, 0.15) is 5.56 Å². The molecule has 2 aromatic rings. The van der Waals surface area contributed by atoms with Crippen LogP contribution in [0.5, 0.6) is 0 Å². The van der Waals surface area contributed by atoms with Crippen molar-refractivity contribution in [1.29, 1.82) is 0 Å². The third-order valence-electron chi connectivity index (χ3n) is 2.14. The molecule has 0 atom stereocenters. The van der Waals surface area contributed by atoms with Crippen molar-refractivity contribution >= 4 is 11.7 Å². The zero-order chi connectivity index (χ0) is 13.2. The number of aromatic nitrogens is 2. The maximum absolute atomic E-state index is 12.7. The Balaban J connectivity index is 2.27. The summed E-state index contributed by atoms with van der Waals surface area (Å²) in [7, 11) is 0. The van der Waals surface area contributed by atoms with Gasteiger partial charge >= 0.3 is 12.2 Å². The van der Waals surface area contributed by atoms with E-state index in [2.05, 4.69) is 16.6 Å². The third kappa shape index (κ3) is 2.50. The van der Waals surface area contributed by atoms with Crippen molar-refractivity contribution in [2.24, 2.45) is 0 Å². The number of nitrogens with one attached hydrogen (secondary N) is 1. The smallest absolute Gasteiger partial charge is 0.305 e. The number of carbonyl (C=O) groups excluding carboxylic acids is 1. The highest BCUT2D eigenvalue weighted by molar-refractivity contribution is 5.91. The molecule has 0 aliphatic carbocycles. The predicted molar refractivity (Wildman–Crippen MR) is 56.9 cm³/mol. The van der Waals surface area contributed by atoms with Crippen LogP contribution in [-0.2, 0) is 6.18 Å². The van der Waals surface area contributed by atoms with Crippen LogP contribution in [0.25, 0.3) is 0 Å². The van der Waals surface area contributed by atoms with Crippen molar-refractivity contribution in [3.05, 3.63) is 48.3 Å². The molecule has 4 nitrogen and oxygen atoms in total. The molecule has 0 spiro atoms. The Kier molecular flexibility index (Phi) is 3.05. The lowest BCUT2D eigenvalue weighted by molar-refractivity contribution is -0.136. The summed E-state index contributed by atoms with van der Waals surface area (Å²) in [4.78, 5) is 11.6. The van der Waals surface area contributed by atoms with Crippen LogP contribution in [0.4, 0.5) is 23.7 Å². The van der Waals surface area contributed by atoms with Crippen LogP contribution in [0.3, 0.4) is 0 Å². The lowest BCUT2D eigenvalue weighted by Crippen LogP contribution is -2.22. The molecule has 93 valence electrons. The van der Waals surface area contributed by atoms with Gasteiger partial charge < -0.3 is 5.32 Å². The normalized spacial score (nSPS) is 11.3. The number of rotatable bonds is 1. The number of hydrogen-bond acceptors (Lipinski definition) is 2. The Hall–Kier alpha value is -2.31. The second-order valence-corrected chi connectivity index (χ2v) is 3.36. The molecule has 0 bridgehead atoms. The van der Waals surface area contributed by atoms with E-state index < -0.39 is 17.8 Å². The summed E-state index contributed by atoms with van der Waals surface area (Å²) in [5, 5.41) is 5.64. The minimum Gasteiger partial charge on any atom is -0.305 e. The molecule has 1 amide bonds. The number of alkyl halides is 3. The third-order valence-corrected chi connectivity index (χ3v) is 2.14. The number of benzene rings is 1. The van der Waals surface area contributed by atoms with Crippen molar-refractivity contribution in [3.8, 4) is 0 Å². The first kappa shape index (κ1) is 12.2. The number of para-hydroxylation sites is 1. The van der Waals surface area contributed by atoms with Crippen LogP contribution < -0.4 is 5.32 Å². The molecule has 0 unspecified atom stereocenters. The Bertz CT molecular complexity index is 549. The zero-order valence-corrected chi connectivity index (χ0v) is 8.90. The summed E-state index contributed by atoms with van der Waals surface area (Å²) in [6.45, 7) is 0. The second kappa shape index (κ2) is 4.52. The number of halogens is 3. The first-order valence-electron chi connectivity index (χ1n) is 4.88. The van der Waals surface area contributed by atoms with Gasteiger partial charge in [0.05, 0.1) is 11.3 Å². The Morgan fingerprint density at radius 2 is 2.06 bits per heavy atom. The summed E-state index contributed by atoms with van der Waals surface area (Å²) in [5.74, 6) is 0. The van der Waals surface area contributed by atoms with Gasteiger partial charge in [-0.25, -0.2) is 4.79 Å². The van der Waals surface area contributed by atoms with Crippen LogP contribution >= 0.6 is 0 Å². The second-order valence-electron chi connectivity index (χ2n) is 3.36. The predicted octanol–water partition coefficient (Wildman–Crippen LogP) is 2.78. The maximum Gasteiger partial charge on any atom is 0.418 e. The van der Waals surface area contributed by atoms with E-state index in [1.165, 1.54) is 30.5 Å². The van der Waals surface area contributed by atoms with E-state index in [-0.39, 0.29) is 5.69 Å². The summed E-state index contributed by atoms with van der Waals surface area (Å²) in [6, 6.07) is 5.31. The Morgan fingerprint density at radius 3 is 2.67 bits per heavy atom. The van der Waals surface area contributed by atoms with Gasteiger partial charge in [0, 0.05) is 6.20 Å². The highest BCUT2D eigenvalue weighted by Gasteiger charge is 2.33. The molecule has 18 heavy (non-hydrogen) atoms. The number of hydrogen-bond donors (Lipinski definition) is 1. The molecule has 1 aromatic carbocycles. The van der Waals surface area contributed by atoms with Crippen LogP contribution in [-0.4, -0.2) is 15.8 Å². The molecule has 2 rings (SSSR count). The molecule has 1 aromatic heterocycles. The van der Waals surface area contributed by atoms with Gasteiger partial charge in [0.25, 0.3) is 0 Å². The fourth-order valence-electron chi connectivity index (χ4n) is 1.36. The topological polar surface area (TPSA) is 46.9 Å². The summed E-state index contributed by atoms with van der Waals surface area (Å²) < 4.78 is 38.8. The van der Waals surface area contributed by atoms with Gasteiger partial charge in [-0.15, -0.1) is 0 Å². The Labute approximate surface area is 100 Å². The summed E-state index contributed by atoms with van der Waals surface area (Å²) in [5.41, 5.74) is -1.22. The molecule has 1 heterocycles. The lowest BCUT2D eigenvalue weighted by atomic mass is 10.1. The van der Waals surface area contributed by atoms with Crippen LogP contribution in [0.2, 0.25) is 0 Å². The molecule has 7 heteroatoms. The molecule has 1 N–H and O–H groups in total. The van der Waals surface area contributed by atoms with Gasteiger partial charge in [0.2, 0.25) is 0 Å². The van der Waals surface area contributed by atoms with E-state index in [1.807, 2.05) is 0 Å². The van der Waals surface area contributed by atoms with Crippen molar-refractivity contribution in [2.45, 2.75) is 6.18 Å². The molecule has 0 aliphatic rings. The van der Waals surface area contributed by atoms with Gasteiger partial charge in [-0.2, -0.15) is 23.0 Å². The minimum absolute atomic E-state index is 0.314. The standard InChI is InChI=1S/C11H7F3N3O/c12-11(13,14)8-4-1-2-5-9(8)16-10(18)17-7-3-6-15-17/h1-5,7H,(H,16,18). The highest BCUT2D eigenvalue weighted by atomic mass is 19.4. The summed E-state index contributed by atoms with van der Waals surface area (Å²) in [6.07, 6.45) is -0.873.